The molecular weight excluding hydrogens is 474 g/mol. The van der Waals surface area contributed by atoms with E-state index < -0.39 is 6.04 Å². The first kappa shape index (κ1) is 26.0. The van der Waals surface area contributed by atoms with Crippen molar-refractivity contribution in [1.29, 1.82) is 0 Å². The summed E-state index contributed by atoms with van der Waals surface area (Å²) in [5, 5.41) is 5.25. The first-order chi connectivity index (χ1) is 18.5. The zero-order chi connectivity index (χ0) is 26.6. The van der Waals surface area contributed by atoms with E-state index in [1.807, 2.05) is 74.5 Å². The third-order valence-electron chi connectivity index (χ3n) is 8.11. The predicted octanol–water partition coefficient (Wildman–Crippen LogP) is 5.75. The number of hydrogen-bond donors (Lipinski definition) is 1. The molecule has 1 fully saturated rings. The molecule has 1 aliphatic carbocycles. The maximum Gasteiger partial charge on any atom is 0.258 e. The van der Waals surface area contributed by atoms with E-state index in [2.05, 4.69) is 5.32 Å². The highest BCUT2D eigenvalue weighted by Crippen LogP contribution is 2.37. The molecule has 0 spiro atoms. The molecule has 0 radical (unpaired) electrons. The predicted molar refractivity (Wildman–Crippen MR) is 151 cm³/mol. The van der Waals surface area contributed by atoms with Gasteiger partial charge in [-0.2, -0.15) is 0 Å². The van der Waals surface area contributed by atoms with Crippen LogP contribution in [0.4, 0.5) is 5.69 Å². The van der Waals surface area contributed by atoms with Crippen LogP contribution in [0, 0.1) is 6.92 Å². The maximum absolute atomic E-state index is 13.7. The second-order valence-corrected chi connectivity index (χ2v) is 10.6. The minimum atomic E-state index is -0.519. The zero-order valence-corrected chi connectivity index (χ0v) is 22.4. The van der Waals surface area contributed by atoms with E-state index in [0.29, 0.717) is 25.9 Å². The fraction of sp³-hybridized carbons (Fsp3) is 0.406. The van der Waals surface area contributed by atoms with Crippen molar-refractivity contribution in [1.82, 2.24) is 10.2 Å². The number of aryl methyl sites for hydroxylation is 1. The fourth-order valence-electron chi connectivity index (χ4n) is 5.99. The lowest BCUT2D eigenvalue weighted by Crippen LogP contribution is -2.51. The number of rotatable bonds is 10. The van der Waals surface area contributed by atoms with Crippen molar-refractivity contribution in [3.05, 3.63) is 77.4 Å². The monoisotopic (exact) mass is 511 g/mol. The molecule has 1 atom stereocenters. The van der Waals surface area contributed by atoms with Crippen LogP contribution in [-0.2, 0) is 16.1 Å². The van der Waals surface area contributed by atoms with Gasteiger partial charge in [0.15, 0.2) is 0 Å². The summed E-state index contributed by atoms with van der Waals surface area (Å²) >= 11 is 0. The van der Waals surface area contributed by atoms with Crippen LogP contribution in [0.1, 0.15) is 73.4 Å². The Labute approximate surface area is 225 Å². The SMILES string of the molecule is CC[C@H](C(=O)NC1CCCC1)N(Cc1ccccc1C)C(=O)CCCN1C(=O)c2cccc3cccc1c23. The standard InChI is InChI=1S/C32H37N3O3/c1-3-27(31(37)33-25-15-6-7-16-25)35(21-24-12-5-4-11-22(24)2)29(36)19-10-20-34-28-18-9-14-23-13-8-17-26(30(23)28)32(34)38/h4-5,8-9,11-14,17-18,25,27H,3,6-7,10,15-16,19-21H2,1-2H3,(H,33,37)/t27-/m1/s1. The molecule has 5 rings (SSSR count). The molecule has 0 unspecified atom stereocenters. The normalized spacial score (nSPS) is 15.7. The smallest absolute Gasteiger partial charge is 0.258 e. The van der Waals surface area contributed by atoms with Gasteiger partial charge in [0.2, 0.25) is 11.8 Å². The van der Waals surface area contributed by atoms with E-state index >= 15 is 0 Å². The lowest BCUT2D eigenvalue weighted by Gasteiger charge is -2.32. The minimum Gasteiger partial charge on any atom is -0.352 e. The van der Waals surface area contributed by atoms with Gasteiger partial charge in [0.1, 0.15) is 6.04 Å². The Hall–Kier alpha value is -3.67. The van der Waals surface area contributed by atoms with E-state index in [-0.39, 0.29) is 30.2 Å². The van der Waals surface area contributed by atoms with Gasteiger partial charge in [-0.3, -0.25) is 14.4 Å². The average Bonchev–Trinajstić information content (AvgIpc) is 3.53. The fourth-order valence-corrected chi connectivity index (χ4v) is 5.99. The van der Waals surface area contributed by atoms with Crippen LogP contribution < -0.4 is 10.2 Å². The van der Waals surface area contributed by atoms with Gasteiger partial charge in [-0.15, -0.1) is 0 Å². The highest BCUT2D eigenvalue weighted by Gasteiger charge is 2.32. The van der Waals surface area contributed by atoms with Crippen molar-refractivity contribution >= 4 is 34.2 Å². The molecule has 2 aliphatic rings. The van der Waals surface area contributed by atoms with Gasteiger partial charge in [0.05, 0.1) is 5.69 Å². The van der Waals surface area contributed by atoms with Gasteiger partial charge in [0, 0.05) is 36.5 Å². The number of nitrogens with zero attached hydrogens (tertiary/aromatic N) is 2. The molecule has 1 aliphatic heterocycles. The first-order valence-electron chi connectivity index (χ1n) is 14.0. The minimum absolute atomic E-state index is 0.0107. The van der Waals surface area contributed by atoms with E-state index in [0.717, 1.165) is 58.8 Å². The summed E-state index contributed by atoms with van der Waals surface area (Å²) in [6, 6.07) is 19.5. The highest BCUT2D eigenvalue weighted by molar-refractivity contribution is 6.25. The molecule has 3 amide bonds. The Morgan fingerprint density at radius 1 is 1.03 bits per heavy atom. The number of hydrogen-bond acceptors (Lipinski definition) is 3. The molecule has 1 heterocycles. The molecule has 198 valence electrons. The summed E-state index contributed by atoms with van der Waals surface area (Å²) in [6.07, 6.45) is 5.65. The Kier molecular flexibility index (Phi) is 7.77. The van der Waals surface area contributed by atoms with Crippen molar-refractivity contribution in [2.45, 2.75) is 77.4 Å². The highest BCUT2D eigenvalue weighted by atomic mass is 16.2. The van der Waals surface area contributed by atoms with Crippen LogP contribution in [0.2, 0.25) is 0 Å². The quantitative estimate of drug-likeness (QED) is 0.377. The topological polar surface area (TPSA) is 69.7 Å². The number of amides is 3. The van der Waals surface area contributed by atoms with Crippen LogP contribution in [-0.4, -0.2) is 41.2 Å². The van der Waals surface area contributed by atoms with Gasteiger partial charge >= 0.3 is 0 Å². The van der Waals surface area contributed by atoms with E-state index in [4.69, 9.17) is 0 Å². The molecule has 6 heteroatoms. The van der Waals surface area contributed by atoms with Gasteiger partial charge in [-0.05, 0) is 61.3 Å². The largest absolute Gasteiger partial charge is 0.352 e. The van der Waals surface area contributed by atoms with Crippen LogP contribution >= 0.6 is 0 Å². The van der Waals surface area contributed by atoms with Crippen LogP contribution in [0.25, 0.3) is 10.8 Å². The molecule has 0 bridgehead atoms. The Balaban J connectivity index is 1.30. The second-order valence-electron chi connectivity index (χ2n) is 10.6. The molecule has 1 saturated carbocycles. The summed E-state index contributed by atoms with van der Waals surface area (Å²) in [7, 11) is 0. The van der Waals surface area contributed by atoms with Gasteiger partial charge in [-0.1, -0.05) is 68.3 Å². The Morgan fingerprint density at radius 3 is 2.50 bits per heavy atom. The van der Waals surface area contributed by atoms with Crippen molar-refractivity contribution in [3.8, 4) is 0 Å². The zero-order valence-electron chi connectivity index (χ0n) is 22.4. The van der Waals surface area contributed by atoms with Crippen LogP contribution in [0.5, 0.6) is 0 Å². The maximum atomic E-state index is 13.7. The molecule has 0 aromatic heterocycles. The summed E-state index contributed by atoms with van der Waals surface area (Å²) < 4.78 is 0. The number of nitrogens with one attached hydrogen (secondary N) is 1. The third-order valence-corrected chi connectivity index (χ3v) is 8.11. The van der Waals surface area contributed by atoms with Gasteiger partial charge < -0.3 is 15.1 Å². The number of carbonyl (C=O) groups is 3. The Morgan fingerprint density at radius 2 is 1.76 bits per heavy atom. The molecule has 6 nitrogen and oxygen atoms in total. The average molecular weight is 512 g/mol. The van der Waals surface area contributed by atoms with Crippen molar-refractivity contribution in [2.24, 2.45) is 0 Å². The summed E-state index contributed by atoms with van der Waals surface area (Å²) in [5.41, 5.74) is 3.78. The van der Waals surface area contributed by atoms with E-state index in [1.54, 1.807) is 9.80 Å². The van der Waals surface area contributed by atoms with Crippen molar-refractivity contribution in [3.63, 3.8) is 0 Å². The van der Waals surface area contributed by atoms with Crippen molar-refractivity contribution in [2.75, 3.05) is 11.4 Å². The van der Waals surface area contributed by atoms with Gasteiger partial charge in [0.25, 0.3) is 5.91 Å². The van der Waals surface area contributed by atoms with Crippen LogP contribution in [0.3, 0.4) is 0 Å². The van der Waals surface area contributed by atoms with Crippen LogP contribution in [0.15, 0.2) is 60.7 Å². The molecule has 3 aromatic carbocycles. The molecule has 0 saturated heterocycles. The molecule has 3 aromatic rings. The van der Waals surface area contributed by atoms with E-state index in [1.165, 1.54) is 0 Å². The Bertz CT molecular complexity index is 1340. The second kappa shape index (κ2) is 11.4. The van der Waals surface area contributed by atoms with Gasteiger partial charge in [-0.25, -0.2) is 0 Å². The molecular formula is C32H37N3O3. The molecule has 38 heavy (non-hydrogen) atoms. The summed E-state index contributed by atoms with van der Waals surface area (Å²) in [4.78, 5) is 43.8. The van der Waals surface area contributed by atoms with Crippen molar-refractivity contribution < 1.29 is 14.4 Å². The number of anilines is 1. The summed E-state index contributed by atoms with van der Waals surface area (Å²) in [5.74, 6) is -0.120. The first-order valence-corrected chi connectivity index (χ1v) is 14.0. The third kappa shape index (κ3) is 5.17. The van der Waals surface area contributed by atoms with E-state index in [9.17, 15) is 14.4 Å². The lowest BCUT2D eigenvalue weighted by molar-refractivity contribution is -0.141. The summed E-state index contributed by atoms with van der Waals surface area (Å²) in [6.45, 7) is 4.86. The number of benzene rings is 3. The molecule has 1 N–H and O–H groups in total. The lowest BCUT2D eigenvalue weighted by atomic mass is 10.0. The number of carbonyl (C=O) groups excluding carboxylic acids is 3.